The van der Waals surface area contributed by atoms with Crippen LogP contribution in [0.2, 0.25) is 0 Å². The standard InChI is InChI=1S/C19H16F3N5/c1-12(13-7-9-15(23)10-8-13)26-27-17-11-16(19(20,21)22)24-18(25-17)14-5-3-2-4-6-14/h2-11H,23H2,1H3,(H,24,25,27). The van der Waals surface area contributed by atoms with E-state index in [-0.39, 0.29) is 11.6 Å². The molecule has 0 saturated carbocycles. The number of rotatable bonds is 4. The van der Waals surface area contributed by atoms with E-state index in [0.717, 1.165) is 11.6 Å². The molecule has 0 aliphatic rings. The third-order valence-corrected chi connectivity index (χ3v) is 3.72. The Kier molecular flexibility index (Phi) is 5.07. The van der Waals surface area contributed by atoms with Crippen molar-refractivity contribution in [2.45, 2.75) is 13.1 Å². The summed E-state index contributed by atoms with van der Waals surface area (Å²) in [5, 5.41) is 4.12. The van der Waals surface area contributed by atoms with E-state index in [0.29, 0.717) is 17.0 Å². The second kappa shape index (κ2) is 7.45. The minimum absolute atomic E-state index is 0.0340. The smallest absolute Gasteiger partial charge is 0.399 e. The van der Waals surface area contributed by atoms with Gasteiger partial charge in [0, 0.05) is 17.3 Å². The maximum atomic E-state index is 13.2. The first-order chi connectivity index (χ1) is 12.8. The Morgan fingerprint density at radius 2 is 1.67 bits per heavy atom. The average Bonchev–Trinajstić information content (AvgIpc) is 2.66. The lowest BCUT2D eigenvalue weighted by Crippen LogP contribution is -2.11. The molecule has 3 aromatic rings. The lowest BCUT2D eigenvalue weighted by Gasteiger charge is -2.11. The highest BCUT2D eigenvalue weighted by Crippen LogP contribution is 2.30. The molecule has 3 N–H and O–H groups in total. The molecule has 0 saturated heterocycles. The van der Waals surface area contributed by atoms with Gasteiger partial charge >= 0.3 is 6.18 Å². The molecule has 3 rings (SSSR count). The number of aromatic nitrogens is 2. The molecular formula is C19H16F3N5. The highest BCUT2D eigenvalue weighted by molar-refractivity contribution is 5.99. The zero-order valence-electron chi connectivity index (χ0n) is 14.3. The Bertz CT molecular complexity index is 951. The van der Waals surface area contributed by atoms with Gasteiger partial charge in [0.2, 0.25) is 0 Å². The summed E-state index contributed by atoms with van der Waals surface area (Å²) >= 11 is 0. The monoisotopic (exact) mass is 371 g/mol. The molecule has 0 bridgehead atoms. The summed E-state index contributed by atoms with van der Waals surface area (Å²) in [6, 6.07) is 16.2. The Balaban J connectivity index is 1.94. The molecule has 0 atom stereocenters. The van der Waals surface area contributed by atoms with E-state index in [1.165, 1.54) is 0 Å². The van der Waals surface area contributed by atoms with Crippen molar-refractivity contribution in [3.63, 3.8) is 0 Å². The number of hydrogen-bond acceptors (Lipinski definition) is 5. The van der Waals surface area contributed by atoms with E-state index in [2.05, 4.69) is 20.5 Å². The van der Waals surface area contributed by atoms with Crippen LogP contribution < -0.4 is 11.2 Å². The topological polar surface area (TPSA) is 76.2 Å². The Hall–Kier alpha value is -3.42. The first-order valence-electron chi connectivity index (χ1n) is 8.01. The van der Waals surface area contributed by atoms with Gasteiger partial charge in [-0.25, -0.2) is 9.97 Å². The second-order valence-electron chi connectivity index (χ2n) is 5.76. The van der Waals surface area contributed by atoms with Gasteiger partial charge in [0.05, 0.1) is 5.71 Å². The van der Waals surface area contributed by atoms with Crippen molar-refractivity contribution in [1.29, 1.82) is 0 Å². The summed E-state index contributed by atoms with van der Waals surface area (Å²) in [6.45, 7) is 1.72. The molecule has 5 nitrogen and oxygen atoms in total. The van der Waals surface area contributed by atoms with Gasteiger partial charge in [-0.05, 0) is 24.6 Å². The van der Waals surface area contributed by atoms with E-state index in [4.69, 9.17) is 5.73 Å². The average molecular weight is 371 g/mol. The van der Waals surface area contributed by atoms with Gasteiger partial charge < -0.3 is 5.73 Å². The molecule has 0 radical (unpaired) electrons. The lowest BCUT2D eigenvalue weighted by molar-refractivity contribution is -0.141. The van der Waals surface area contributed by atoms with Crippen LogP contribution in [0.5, 0.6) is 0 Å². The van der Waals surface area contributed by atoms with Gasteiger partial charge in [0.15, 0.2) is 17.3 Å². The fourth-order valence-electron chi connectivity index (χ4n) is 2.30. The minimum Gasteiger partial charge on any atom is -0.399 e. The summed E-state index contributed by atoms with van der Waals surface area (Å²) in [5.74, 6) is -0.0840. The van der Waals surface area contributed by atoms with Crippen LogP contribution in [0.3, 0.4) is 0 Å². The van der Waals surface area contributed by atoms with Crippen LogP contribution in [0.4, 0.5) is 24.7 Å². The van der Waals surface area contributed by atoms with E-state index >= 15 is 0 Å². The number of nitrogen functional groups attached to an aromatic ring is 1. The maximum absolute atomic E-state index is 13.2. The molecule has 8 heteroatoms. The van der Waals surface area contributed by atoms with Crippen molar-refractivity contribution in [3.8, 4) is 11.4 Å². The van der Waals surface area contributed by atoms with Crippen molar-refractivity contribution >= 4 is 17.2 Å². The Morgan fingerprint density at radius 1 is 1.00 bits per heavy atom. The number of halogens is 3. The molecule has 27 heavy (non-hydrogen) atoms. The number of benzene rings is 2. The lowest BCUT2D eigenvalue weighted by atomic mass is 10.1. The number of nitrogens with two attached hydrogens (primary N) is 1. The second-order valence-corrected chi connectivity index (χ2v) is 5.76. The third kappa shape index (κ3) is 4.60. The van der Waals surface area contributed by atoms with Crippen LogP contribution in [-0.4, -0.2) is 15.7 Å². The van der Waals surface area contributed by atoms with Crippen LogP contribution in [-0.2, 0) is 6.18 Å². The van der Waals surface area contributed by atoms with Crippen molar-refractivity contribution in [3.05, 3.63) is 71.9 Å². The summed E-state index contributed by atoms with van der Waals surface area (Å²) in [6.07, 6.45) is -4.60. The van der Waals surface area contributed by atoms with Gasteiger partial charge in [0.25, 0.3) is 0 Å². The molecule has 138 valence electrons. The largest absolute Gasteiger partial charge is 0.433 e. The van der Waals surface area contributed by atoms with Crippen molar-refractivity contribution < 1.29 is 13.2 Å². The van der Waals surface area contributed by atoms with Gasteiger partial charge in [-0.1, -0.05) is 42.5 Å². The summed E-state index contributed by atoms with van der Waals surface area (Å²) in [4.78, 5) is 7.78. The zero-order chi connectivity index (χ0) is 19.4. The maximum Gasteiger partial charge on any atom is 0.433 e. The number of nitrogens with one attached hydrogen (secondary N) is 1. The molecule has 0 spiro atoms. The molecule has 0 amide bonds. The molecule has 0 unspecified atom stereocenters. The van der Waals surface area contributed by atoms with Crippen LogP contribution in [0.15, 0.2) is 65.8 Å². The van der Waals surface area contributed by atoms with E-state index in [9.17, 15) is 13.2 Å². The summed E-state index contributed by atoms with van der Waals surface area (Å²) in [5.41, 5.74) is 9.63. The van der Waals surface area contributed by atoms with Crippen molar-refractivity contribution in [1.82, 2.24) is 9.97 Å². The fraction of sp³-hybridized carbons (Fsp3) is 0.105. The number of hydrogen-bond donors (Lipinski definition) is 2. The summed E-state index contributed by atoms with van der Waals surface area (Å²) < 4.78 is 39.6. The van der Waals surface area contributed by atoms with Crippen LogP contribution >= 0.6 is 0 Å². The molecule has 1 aromatic heterocycles. The highest BCUT2D eigenvalue weighted by atomic mass is 19.4. The molecule has 0 fully saturated rings. The zero-order valence-corrected chi connectivity index (χ0v) is 14.3. The fourth-order valence-corrected chi connectivity index (χ4v) is 2.30. The van der Waals surface area contributed by atoms with Crippen molar-refractivity contribution in [2.24, 2.45) is 5.10 Å². The molecule has 1 heterocycles. The van der Waals surface area contributed by atoms with Crippen LogP contribution in [0.25, 0.3) is 11.4 Å². The quantitative estimate of drug-likeness (QED) is 0.400. The van der Waals surface area contributed by atoms with Gasteiger partial charge in [-0.2, -0.15) is 18.3 Å². The Morgan fingerprint density at radius 3 is 2.30 bits per heavy atom. The van der Waals surface area contributed by atoms with Crippen LogP contribution in [0.1, 0.15) is 18.2 Å². The van der Waals surface area contributed by atoms with Gasteiger partial charge in [-0.3, -0.25) is 5.43 Å². The third-order valence-electron chi connectivity index (χ3n) is 3.72. The first kappa shape index (κ1) is 18.4. The number of nitrogens with zero attached hydrogens (tertiary/aromatic N) is 3. The number of anilines is 2. The predicted octanol–water partition coefficient (Wildman–Crippen LogP) is 4.58. The van der Waals surface area contributed by atoms with Gasteiger partial charge in [0.1, 0.15) is 0 Å². The SMILES string of the molecule is CC(=NNc1cc(C(F)(F)F)nc(-c2ccccc2)n1)c1ccc(N)cc1. The summed E-state index contributed by atoms with van der Waals surface area (Å²) in [7, 11) is 0. The Labute approximate surface area is 153 Å². The first-order valence-corrected chi connectivity index (χ1v) is 8.01. The van der Waals surface area contributed by atoms with E-state index < -0.39 is 11.9 Å². The van der Waals surface area contributed by atoms with E-state index in [1.54, 1.807) is 61.5 Å². The molecule has 0 aliphatic carbocycles. The van der Waals surface area contributed by atoms with Crippen molar-refractivity contribution in [2.75, 3.05) is 11.2 Å². The minimum atomic E-state index is -4.60. The molecule has 0 aliphatic heterocycles. The molecule has 2 aromatic carbocycles. The predicted molar refractivity (Wildman–Crippen MR) is 99.2 cm³/mol. The number of alkyl halides is 3. The highest BCUT2D eigenvalue weighted by Gasteiger charge is 2.33. The normalized spacial score (nSPS) is 12.1. The molecular weight excluding hydrogens is 355 g/mol. The van der Waals surface area contributed by atoms with Gasteiger partial charge in [-0.15, -0.1) is 0 Å². The number of hydrazone groups is 1. The van der Waals surface area contributed by atoms with E-state index in [1.807, 2.05) is 0 Å². The van der Waals surface area contributed by atoms with Crippen LogP contribution in [0, 0.1) is 0 Å².